The largest absolute Gasteiger partial charge is 0.352 e. The molecule has 1 fully saturated rings. The van der Waals surface area contributed by atoms with E-state index >= 15 is 0 Å². The fraction of sp³-hybridized carbons (Fsp3) is 0.643. The Labute approximate surface area is 104 Å². The summed E-state index contributed by atoms with van der Waals surface area (Å²) in [6, 6.07) is 4.78. The van der Waals surface area contributed by atoms with Crippen molar-refractivity contribution >= 4 is 5.82 Å². The fourth-order valence-corrected chi connectivity index (χ4v) is 2.58. The van der Waals surface area contributed by atoms with E-state index in [2.05, 4.69) is 35.1 Å². The molecular formula is C14H23N3. The van der Waals surface area contributed by atoms with Crippen molar-refractivity contribution in [1.29, 1.82) is 0 Å². The van der Waals surface area contributed by atoms with E-state index in [1.807, 2.05) is 12.3 Å². The summed E-state index contributed by atoms with van der Waals surface area (Å²) in [5.41, 5.74) is 1.29. The van der Waals surface area contributed by atoms with Gasteiger partial charge in [0.25, 0.3) is 0 Å². The van der Waals surface area contributed by atoms with Crippen LogP contribution >= 0.6 is 0 Å². The maximum Gasteiger partial charge on any atom is 0.131 e. The van der Waals surface area contributed by atoms with Crippen molar-refractivity contribution in [2.24, 2.45) is 0 Å². The molecule has 1 N–H and O–H groups in total. The zero-order valence-electron chi connectivity index (χ0n) is 10.9. The normalized spacial score (nSPS) is 20.6. The van der Waals surface area contributed by atoms with Crippen molar-refractivity contribution in [3.8, 4) is 0 Å². The molecule has 2 heterocycles. The van der Waals surface area contributed by atoms with Crippen molar-refractivity contribution in [2.75, 3.05) is 24.5 Å². The summed E-state index contributed by atoms with van der Waals surface area (Å²) >= 11 is 0. The summed E-state index contributed by atoms with van der Waals surface area (Å²) in [6.45, 7) is 7.59. The molecule has 1 unspecified atom stereocenters. The van der Waals surface area contributed by atoms with Gasteiger partial charge in [0.05, 0.1) is 0 Å². The van der Waals surface area contributed by atoms with Crippen molar-refractivity contribution in [1.82, 2.24) is 10.3 Å². The SMILES string of the molecule is CCNCC1CCCCN1c1ncccc1C. The molecule has 3 heteroatoms. The predicted molar refractivity (Wildman–Crippen MR) is 72.5 cm³/mol. The summed E-state index contributed by atoms with van der Waals surface area (Å²) < 4.78 is 0. The van der Waals surface area contributed by atoms with Crippen LogP contribution in [-0.2, 0) is 0 Å². The van der Waals surface area contributed by atoms with Crippen molar-refractivity contribution in [3.63, 3.8) is 0 Å². The van der Waals surface area contributed by atoms with Gasteiger partial charge >= 0.3 is 0 Å². The van der Waals surface area contributed by atoms with Gasteiger partial charge in [0, 0.05) is 25.3 Å². The molecule has 0 amide bonds. The number of piperidine rings is 1. The molecule has 0 bridgehead atoms. The number of hydrogen-bond acceptors (Lipinski definition) is 3. The van der Waals surface area contributed by atoms with E-state index in [-0.39, 0.29) is 0 Å². The Balaban J connectivity index is 2.13. The van der Waals surface area contributed by atoms with E-state index in [0.29, 0.717) is 6.04 Å². The van der Waals surface area contributed by atoms with E-state index < -0.39 is 0 Å². The molecule has 2 rings (SSSR count). The second-order valence-corrected chi connectivity index (χ2v) is 4.79. The molecule has 94 valence electrons. The minimum atomic E-state index is 0.609. The van der Waals surface area contributed by atoms with Crippen LogP contribution in [0.25, 0.3) is 0 Å². The average molecular weight is 233 g/mol. The van der Waals surface area contributed by atoms with Crippen LogP contribution in [0.15, 0.2) is 18.3 Å². The first-order valence-corrected chi connectivity index (χ1v) is 6.72. The van der Waals surface area contributed by atoms with Crippen LogP contribution in [0, 0.1) is 6.92 Å². The highest BCUT2D eigenvalue weighted by Gasteiger charge is 2.23. The minimum absolute atomic E-state index is 0.609. The number of pyridine rings is 1. The number of aryl methyl sites for hydroxylation is 1. The third-order valence-electron chi connectivity index (χ3n) is 3.51. The molecule has 0 radical (unpaired) electrons. The molecule has 17 heavy (non-hydrogen) atoms. The number of nitrogens with one attached hydrogen (secondary N) is 1. The maximum absolute atomic E-state index is 4.56. The third-order valence-corrected chi connectivity index (χ3v) is 3.51. The van der Waals surface area contributed by atoms with Crippen LogP contribution < -0.4 is 10.2 Å². The number of likely N-dealkylation sites (N-methyl/N-ethyl adjacent to an activating group) is 1. The smallest absolute Gasteiger partial charge is 0.131 e. The molecule has 1 atom stereocenters. The van der Waals surface area contributed by atoms with Gasteiger partial charge in [-0.1, -0.05) is 13.0 Å². The lowest BCUT2D eigenvalue weighted by molar-refractivity contribution is 0.436. The second-order valence-electron chi connectivity index (χ2n) is 4.79. The van der Waals surface area contributed by atoms with Gasteiger partial charge in [-0.2, -0.15) is 0 Å². The van der Waals surface area contributed by atoms with Crippen molar-refractivity contribution in [2.45, 2.75) is 39.2 Å². The zero-order valence-corrected chi connectivity index (χ0v) is 10.9. The van der Waals surface area contributed by atoms with E-state index in [0.717, 1.165) is 19.6 Å². The predicted octanol–water partition coefficient (Wildman–Crippen LogP) is 2.36. The van der Waals surface area contributed by atoms with Gasteiger partial charge in [-0.25, -0.2) is 4.98 Å². The highest BCUT2D eigenvalue weighted by atomic mass is 15.2. The summed E-state index contributed by atoms with van der Waals surface area (Å²) in [4.78, 5) is 7.05. The van der Waals surface area contributed by atoms with Gasteiger partial charge in [-0.15, -0.1) is 0 Å². The van der Waals surface area contributed by atoms with Gasteiger partial charge in [-0.05, 0) is 44.4 Å². The molecule has 1 aromatic rings. The lowest BCUT2D eigenvalue weighted by atomic mass is 10.0. The summed E-state index contributed by atoms with van der Waals surface area (Å²) in [5.74, 6) is 1.18. The molecule has 0 spiro atoms. The number of nitrogens with zero attached hydrogens (tertiary/aromatic N) is 2. The van der Waals surface area contributed by atoms with E-state index in [9.17, 15) is 0 Å². The van der Waals surface area contributed by atoms with E-state index in [1.165, 1.54) is 30.6 Å². The van der Waals surface area contributed by atoms with Crippen LogP contribution in [0.2, 0.25) is 0 Å². The van der Waals surface area contributed by atoms with Crippen LogP contribution in [-0.4, -0.2) is 30.7 Å². The molecule has 1 aliphatic heterocycles. The highest BCUT2D eigenvalue weighted by molar-refractivity contribution is 5.47. The van der Waals surface area contributed by atoms with Gasteiger partial charge in [0.1, 0.15) is 5.82 Å². The summed E-state index contributed by atoms with van der Waals surface area (Å²) in [6.07, 6.45) is 5.82. The molecule has 0 saturated carbocycles. The topological polar surface area (TPSA) is 28.2 Å². The number of hydrogen-bond donors (Lipinski definition) is 1. The number of rotatable bonds is 4. The van der Waals surface area contributed by atoms with E-state index in [4.69, 9.17) is 0 Å². The molecule has 0 aliphatic carbocycles. The highest BCUT2D eigenvalue weighted by Crippen LogP contribution is 2.25. The Kier molecular flexibility index (Phi) is 4.37. The van der Waals surface area contributed by atoms with Crippen LogP contribution in [0.3, 0.4) is 0 Å². The Bertz CT molecular complexity index is 351. The van der Waals surface area contributed by atoms with Gasteiger partial charge in [0.15, 0.2) is 0 Å². The first-order valence-electron chi connectivity index (χ1n) is 6.72. The fourth-order valence-electron chi connectivity index (χ4n) is 2.58. The molecule has 1 aromatic heterocycles. The Hall–Kier alpha value is -1.09. The molecular weight excluding hydrogens is 210 g/mol. The van der Waals surface area contributed by atoms with Crippen LogP contribution in [0.5, 0.6) is 0 Å². The first-order chi connectivity index (χ1) is 8.33. The van der Waals surface area contributed by atoms with Crippen molar-refractivity contribution < 1.29 is 0 Å². The van der Waals surface area contributed by atoms with Crippen LogP contribution in [0.4, 0.5) is 5.82 Å². The second kappa shape index (κ2) is 6.01. The molecule has 1 saturated heterocycles. The molecule has 0 aromatic carbocycles. The standard InChI is InChI=1S/C14H23N3/c1-3-15-11-13-8-4-5-10-17(13)14-12(2)7-6-9-16-14/h6-7,9,13,15H,3-5,8,10-11H2,1-2H3. The Morgan fingerprint density at radius 1 is 1.47 bits per heavy atom. The Morgan fingerprint density at radius 3 is 3.12 bits per heavy atom. The first kappa shape index (κ1) is 12.4. The maximum atomic E-state index is 4.56. The third kappa shape index (κ3) is 2.97. The Morgan fingerprint density at radius 2 is 2.35 bits per heavy atom. The van der Waals surface area contributed by atoms with Crippen molar-refractivity contribution in [3.05, 3.63) is 23.9 Å². The van der Waals surface area contributed by atoms with Gasteiger partial charge in [-0.3, -0.25) is 0 Å². The van der Waals surface area contributed by atoms with Crippen LogP contribution in [0.1, 0.15) is 31.7 Å². The number of aromatic nitrogens is 1. The minimum Gasteiger partial charge on any atom is -0.352 e. The molecule has 3 nitrogen and oxygen atoms in total. The van der Waals surface area contributed by atoms with Gasteiger partial charge in [0.2, 0.25) is 0 Å². The zero-order chi connectivity index (χ0) is 12.1. The number of anilines is 1. The lowest BCUT2D eigenvalue weighted by Gasteiger charge is -2.37. The summed E-state index contributed by atoms with van der Waals surface area (Å²) in [5, 5.41) is 3.47. The van der Waals surface area contributed by atoms with E-state index in [1.54, 1.807) is 0 Å². The lowest BCUT2D eigenvalue weighted by Crippen LogP contribution is -2.46. The van der Waals surface area contributed by atoms with Gasteiger partial charge < -0.3 is 10.2 Å². The monoisotopic (exact) mass is 233 g/mol. The summed E-state index contributed by atoms with van der Waals surface area (Å²) in [7, 11) is 0. The molecule has 1 aliphatic rings. The quantitative estimate of drug-likeness (QED) is 0.865. The average Bonchev–Trinajstić information content (AvgIpc) is 2.37.